The maximum absolute atomic E-state index is 13.2. The van der Waals surface area contributed by atoms with Crippen molar-refractivity contribution in [1.29, 1.82) is 0 Å². The molecule has 6 nitrogen and oxygen atoms in total. The largest absolute Gasteiger partial charge is 0.356 e. The van der Waals surface area contributed by atoms with E-state index in [-0.39, 0.29) is 18.3 Å². The van der Waals surface area contributed by atoms with Gasteiger partial charge in [0.05, 0.1) is 6.54 Å². The van der Waals surface area contributed by atoms with E-state index in [1.807, 2.05) is 24.3 Å². The molecule has 1 heterocycles. The third-order valence-electron chi connectivity index (χ3n) is 4.08. The lowest BCUT2D eigenvalue weighted by Crippen LogP contribution is -2.44. The van der Waals surface area contributed by atoms with Crippen LogP contribution in [0.5, 0.6) is 0 Å². The summed E-state index contributed by atoms with van der Waals surface area (Å²) in [5.41, 5.74) is 1.86. The van der Waals surface area contributed by atoms with Gasteiger partial charge in [0, 0.05) is 45.5 Å². The molecular weight excluding hydrogens is 345 g/mol. The van der Waals surface area contributed by atoms with Crippen molar-refractivity contribution < 1.29 is 9.18 Å². The maximum atomic E-state index is 13.2. The Morgan fingerprint density at radius 1 is 1.19 bits per heavy atom. The fourth-order valence-corrected chi connectivity index (χ4v) is 2.49. The normalized spacial score (nSPS) is 11.1. The summed E-state index contributed by atoms with van der Waals surface area (Å²) in [7, 11) is 3.42. The van der Waals surface area contributed by atoms with Crippen molar-refractivity contribution in [1.82, 2.24) is 20.5 Å². The Hall–Kier alpha value is -2.96. The average Bonchev–Trinajstić information content (AvgIpc) is 2.69. The Labute approximate surface area is 159 Å². The molecule has 0 saturated heterocycles. The van der Waals surface area contributed by atoms with Gasteiger partial charge in [-0.1, -0.05) is 18.2 Å². The quantitative estimate of drug-likeness (QED) is 0.547. The molecule has 0 aliphatic heterocycles. The van der Waals surface area contributed by atoms with Crippen LogP contribution < -0.4 is 10.6 Å². The summed E-state index contributed by atoms with van der Waals surface area (Å²) < 4.78 is 13.2. The highest BCUT2D eigenvalue weighted by molar-refractivity contribution is 5.86. The number of nitrogens with one attached hydrogen (secondary N) is 2. The molecule has 1 aromatic heterocycles. The third-order valence-corrected chi connectivity index (χ3v) is 4.08. The number of rotatable bonds is 8. The number of aliphatic imine (C=N–C) groups is 1. The molecule has 0 spiro atoms. The van der Waals surface area contributed by atoms with Crippen molar-refractivity contribution in [3.05, 3.63) is 65.7 Å². The number of hydrogen-bond acceptors (Lipinski definition) is 3. The average molecular weight is 371 g/mol. The van der Waals surface area contributed by atoms with Crippen LogP contribution in [0.4, 0.5) is 4.39 Å². The second kappa shape index (κ2) is 10.9. The smallest absolute Gasteiger partial charge is 0.241 e. The van der Waals surface area contributed by atoms with E-state index in [1.54, 1.807) is 31.3 Å². The molecule has 0 atom stereocenters. The number of halogens is 1. The van der Waals surface area contributed by atoms with Crippen molar-refractivity contribution in [2.45, 2.75) is 12.8 Å². The SMILES string of the molecule is CN=C(NCCc1cccc(F)c1)NCC(=O)N(C)CCc1ccccn1. The Morgan fingerprint density at radius 2 is 2.04 bits per heavy atom. The summed E-state index contributed by atoms with van der Waals surface area (Å²) in [6, 6.07) is 12.3. The Bertz CT molecular complexity index is 751. The predicted octanol–water partition coefficient (Wildman–Crippen LogP) is 1.63. The predicted molar refractivity (Wildman–Crippen MR) is 105 cm³/mol. The number of guanidine groups is 1. The summed E-state index contributed by atoms with van der Waals surface area (Å²) >= 11 is 0. The minimum absolute atomic E-state index is 0.0287. The minimum atomic E-state index is -0.241. The van der Waals surface area contributed by atoms with Crippen LogP contribution in [0.1, 0.15) is 11.3 Å². The lowest BCUT2D eigenvalue weighted by atomic mass is 10.1. The number of nitrogens with zero attached hydrogens (tertiary/aromatic N) is 3. The Kier molecular flexibility index (Phi) is 8.22. The number of hydrogen-bond donors (Lipinski definition) is 2. The molecule has 0 aliphatic rings. The van der Waals surface area contributed by atoms with Crippen LogP contribution >= 0.6 is 0 Å². The van der Waals surface area contributed by atoms with Gasteiger partial charge >= 0.3 is 0 Å². The van der Waals surface area contributed by atoms with Crippen LogP contribution in [0.3, 0.4) is 0 Å². The molecule has 7 heteroatoms. The highest BCUT2D eigenvalue weighted by atomic mass is 19.1. The number of carbonyl (C=O) groups is 1. The van der Waals surface area contributed by atoms with E-state index in [9.17, 15) is 9.18 Å². The lowest BCUT2D eigenvalue weighted by Gasteiger charge is -2.18. The van der Waals surface area contributed by atoms with Gasteiger partial charge < -0.3 is 15.5 Å². The zero-order valence-electron chi connectivity index (χ0n) is 15.8. The molecule has 0 radical (unpaired) electrons. The van der Waals surface area contributed by atoms with Crippen molar-refractivity contribution in [3.63, 3.8) is 0 Å². The highest BCUT2D eigenvalue weighted by Crippen LogP contribution is 2.03. The van der Waals surface area contributed by atoms with Crippen LogP contribution in [0, 0.1) is 5.82 Å². The topological polar surface area (TPSA) is 69.6 Å². The summed E-state index contributed by atoms with van der Waals surface area (Å²) in [4.78, 5) is 22.3. The van der Waals surface area contributed by atoms with Crippen molar-refractivity contribution in [2.24, 2.45) is 4.99 Å². The summed E-state index contributed by atoms with van der Waals surface area (Å²) in [5, 5.41) is 6.13. The van der Waals surface area contributed by atoms with Crippen LogP contribution in [-0.2, 0) is 17.6 Å². The van der Waals surface area contributed by atoms with Crippen LogP contribution in [0.15, 0.2) is 53.7 Å². The molecule has 0 aliphatic carbocycles. The second-order valence-corrected chi connectivity index (χ2v) is 6.12. The maximum Gasteiger partial charge on any atom is 0.241 e. The first-order valence-corrected chi connectivity index (χ1v) is 8.91. The van der Waals surface area contributed by atoms with Gasteiger partial charge in [-0.15, -0.1) is 0 Å². The first-order chi connectivity index (χ1) is 13.1. The first kappa shape index (κ1) is 20.4. The number of carbonyl (C=O) groups excluding carboxylic acids is 1. The number of benzene rings is 1. The summed E-state index contributed by atoms with van der Waals surface area (Å²) in [6.45, 7) is 1.34. The van der Waals surface area contributed by atoms with Gasteiger partial charge in [0.1, 0.15) is 5.82 Å². The molecule has 1 amide bonds. The van der Waals surface area contributed by atoms with Crippen LogP contribution in [0.2, 0.25) is 0 Å². The van der Waals surface area contributed by atoms with Crippen LogP contribution in [0.25, 0.3) is 0 Å². The zero-order chi connectivity index (χ0) is 19.5. The molecule has 144 valence electrons. The molecular formula is C20H26FN5O. The van der Waals surface area contributed by atoms with Crippen molar-refractivity contribution in [3.8, 4) is 0 Å². The fraction of sp³-hybridized carbons (Fsp3) is 0.350. The highest BCUT2D eigenvalue weighted by Gasteiger charge is 2.10. The molecule has 0 saturated carbocycles. The van der Waals surface area contributed by atoms with Gasteiger partial charge in [-0.3, -0.25) is 14.8 Å². The Morgan fingerprint density at radius 3 is 2.74 bits per heavy atom. The summed E-state index contributed by atoms with van der Waals surface area (Å²) in [5.74, 6) is 0.270. The number of pyridine rings is 1. The van der Waals surface area contributed by atoms with E-state index >= 15 is 0 Å². The molecule has 2 N–H and O–H groups in total. The molecule has 0 unspecified atom stereocenters. The van der Waals surface area contributed by atoms with Gasteiger partial charge in [-0.05, 0) is 36.2 Å². The van der Waals surface area contributed by atoms with Crippen molar-refractivity contribution >= 4 is 11.9 Å². The monoisotopic (exact) mass is 371 g/mol. The number of aromatic nitrogens is 1. The van der Waals surface area contributed by atoms with E-state index in [0.29, 0.717) is 31.9 Å². The molecule has 1 aromatic carbocycles. The molecule has 2 rings (SSSR count). The van der Waals surface area contributed by atoms with Crippen molar-refractivity contribution in [2.75, 3.05) is 33.7 Å². The van der Waals surface area contributed by atoms with E-state index in [0.717, 1.165) is 11.3 Å². The van der Waals surface area contributed by atoms with Gasteiger partial charge in [0.2, 0.25) is 5.91 Å². The number of likely N-dealkylation sites (N-methyl/N-ethyl adjacent to an activating group) is 1. The first-order valence-electron chi connectivity index (χ1n) is 8.91. The number of amides is 1. The lowest BCUT2D eigenvalue weighted by molar-refractivity contribution is -0.128. The van der Waals surface area contributed by atoms with Gasteiger partial charge in [0.15, 0.2) is 5.96 Å². The second-order valence-electron chi connectivity index (χ2n) is 6.12. The minimum Gasteiger partial charge on any atom is -0.356 e. The molecule has 2 aromatic rings. The zero-order valence-corrected chi connectivity index (χ0v) is 15.8. The standard InChI is InChI=1S/C20H26FN5O/c1-22-20(24-12-9-16-6-5-7-17(21)14-16)25-15-19(27)26(2)13-10-18-8-3-4-11-23-18/h3-8,11,14H,9-10,12-13,15H2,1-2H3,(H2,22,24,25). The van der Waals surface area contributed by atoms with Gasteiger partial charge in [-0.25, -0.2) is 4.39 Å². The molecule has 0 fully saturated rings. The van der Waals surface area contributed by atoms with E-state index in [1.165, 1.54) is 12.1 Å². The third kappa shape index (κ3) is 7.43. The van der Waals surface area contributed by atoms with Crippen LogP contribution in [-0.4, -0.2) is 55.5 Å². The van der Waals surface area contributed by atoms with E-state index in [2.05, 4.69) is 20.6 Å². The van der Waals surface area contributed by atoms with Gasteiger partial charge in [0.25, 0.3) is 0 Å². The van der Waals surface area contributed by atoms with E-state index in [4.69, 9.17) is 0 Å². The van der Waals surface area contributed by atoms with Gasteiger partial charge in [-0.2, -0.15) is 0 Å². The molecule has 0 bridgehead atoms. The fourth-order valence-electron chi connectivity index (χ4n) is 2.49. The van der Waals surface area contributed by atoms with E-state index < -0.39 is 0 Å². The summed E-state index contributed by atoms with van der Waals surface area (Å²) in [6.07, 6.45) is 3.12. The molecule has 27 heavy (non-hydrogen) atoms. The Balaban J connectivity index is 1.68.